The molecular formula is C28H30N4O4. The SMILES string of the molecule is CC1=C(C(=O)O)C(CCc2ccccc2)(c2ccccc2[N+](=O)[O-])c2c(C3CCCC3)nn(C)c2N1. The van der Waals surface area contributed by atoms with Crippen molar-refractivity contribution in [1.82, 2.24) is 9.78 Å². The number of anilines is 1. The Morgan fingerprint density at radius 2 is 1.83 bits per heavy atom. The maximum Gasteiger partial charge on any atom is 0.334 e. The molecule has 0 spiro atoms. The smallest absolute Gasteiger partial charge is 0.334 e. The van der Waals surface area contributed by atoms with Crippen molar-refractivity contribution in [2.24, 2.45) is 7.05 Å². The first-order chi connectivity index (χ1) is 17.3. The second-order valence-electron chi connectivity index (χ2n) is 9.81. The van der Waals surface area contributed by atoms with Crippen LogP contribution in [-0.2, 0) is 23.7 Å². The van der Waals surface area contributed by atoms with Crippen molar-refractivity contribution in [3.63, 3.8) is 0 Å². The maximum absolute atomic E-state index is 13.0. The van der Waals surface area contributed by atoms with Crippen LogP contribution in [0.5, 0.6) is 0 Å². The number of hydrogen-bond acceptors (Lipinski definition) is 5. The van der Waals surface area contributed by atoms with Crippen LogP contribution in [0.15, 0.2) is 65.9 Å². The first-order valence-electron chi connectivity index (χ1n) is 12.4. The number of carboxylic acids is 1. The lowest BCUT2D eigenvalue weighted by molar-refractivity contribution is -0.385. The van der Waals surface area contributed by atoms with Gasteiger partial charge in [-0.1, -0.05) is 61.4 Å². The minimum Gasteiger partial charge on any atom is -0.478 e. The summed E-state index contributed by atoms with van der Waals surface area (Å²) in [6.45, 7) is 1.74. The van der Waals surface area contributed by atoms with Gasteiger partial charge in [-0.05, 0) is 38.2 Å². The predicted molar refractivity (Wildman–Crippen MR) is 137 cm³/mol. The van der Waals surface area contributed by atoms with Crippen molar-refractivity contribution in [1.29, 1.82) is 0 Å². The zero-order valence-corrected chi connectivity index (χ0v) is 20.5. The molecule has 1 unspecified atom stereocenters. The highest BCUT2D eigenvalue weighted by Crippen LogP contribution is 2.55. The van der Waals surface area contributed by atoms with Crippen LogP contribution in [0.25, 0.3) is 0 Å². The Bertz CT molecular complexity index is 1360. The molecule has 1 fully saturated rings. The van der Waals surface area contributed by atoms with Gasteiger partial charge in [-0.15, -0.1) is 0 Å². The number of allylic oxidation sites excluding steroid dienone is 1. The summed E-state index contributed by atoms with van der Waals surface area (Å²) in [7, 11) is 1.85. The molecule has 1 atom stereocenters. The van der Waals surface area contributed by atoms with Gasteiger partial charge in [0.15, 0.2) is 0 Å². The van der Waals surface area contributed by atoms with E-state index in [-0.39, 0.29) is 17.2 Å². The monoisotopic (exact) mass is 486 g/mol. The van der Waals surface area contributed by atoms with E-state index in [0.717, 1.165) is 42.5 Å². The third-order valence-electron chi connectivity index (χ3n) is 7.76. The standard InChI is InChI=1S/C28H30N4O4/c1-18-23(27(33)34)28(17-16-19-10-4-3-5-11-19,21-14-8-9-15-22(21)32(35)36)24-25(20-12-6-7-13-20)30-31(2)26(24)29-18/h3-5,8-11,14-15,20,29H,6-7,12-13,16-17H2,1-2H3,(H,33,34). The van der Waals surface area contributed by atoms with Gasteiger partial charge in [0.05, 0.1) is 21.6 Å². The van der Waals surface area contributed by atoms with Crippen molar-refractivity contribution in [2.75, 3.05) is 5.32 Å². The normalized spacial score (nSPS) is 19.7. The summed E-state index contributed by atoms with van der Waals surface area (Å²) in [5.41, 5.74) is 2.37. The van der Waals surface area contributed by atoms with Crippen molar-refractivity contribution in [2.45, 2.75) is 56.8 Å². The average molecular weight is 487 g/mol. The summed E-state index contributed by atoms with van der Waals surface area (Å²) in [5.74, 6) is -0.183. The number of carboxylic acid groups (broad SMARTS) is 1. The number of benzene rings is 2. The minimum absolute atomic E-state index is 0.0776. The van der Waals surface area contributed by atoms with Gasteiger partial charge in [0.2, 0.25) is 0 Å². The van der Waals surface area contributed by atoms with Gasteiger partial charge in [-0.25, -0.2) is 4.79 Å². The second-order valence-corrected chi connectivity index (χ2v) is 9.81. The molecule has 186 valence electrons. The molecule has 0 saturated heterocycles. The first-order valence-corrected chi connectivity index (χ1v) is 12.4. The number of rotatable bonds is 7. The number of nitro benzene ring substituents is 1. The maximum atomic E-state index is 13.0. The molecule has 1 saturated carbocycles. The third kappa shape index (κ3) is 3.77. The number of nitro groups is 1. The van der Waals surface area contributed by atoms with Crippen molar-refractivity contribution >= 4 is 17.5 Å². The summed E-state index contributed by atoms with van der Waals surface area (Å²) in [5, 5.41) is 31.2. The zero-order valence-electron chi connectivity index (χ0n) is 20.5. The molecular weight excluding hydrogens is 456 g/mol. The van der Waals surface area contributed by atoms with Crippen LogP contribution >= 0.6 is 0 Å². The van der Waals surface area contributed by atoms with E-state index in [1.165, 1.54) is 6.07 Å². The highest BCUT2D eigenvalue weighted by atomic mass is 16.6. The van der Waals surface area contributed by atoms with E-state index in [9.17, 15) is 20.0 Å². The summed E-state index contributed by atoms with van der Waals surface area (Å²) in [6.07, 6.45) is 5.04. The number of aliphatic carboxylic acids is 1. The van der Waals surface area contributed by atoms with E-state index in [0.29, 0.717) is 29.9 Å². The average Bonchev–Trinajstić information content (AvgIpc) is 3.51. The number of para-hydroxylation sites is 1. The number of aryl methyl sites for hydroxylation is 2. The van der Waals surface area contributed by atoms with E-state index in [2.05, 4.69) is 5.32 Å². The molecule has 8 nitrogen and oxygen atoms in total. The molecule has 3 aromatic rings. The van der Waals surface area contributed by atoms with Gasteiger partial charge in [0.25, 0.3) is 5.69 Å². The van der Waals surface area contributed by atoms with Gasteiger partial charge >= 0.3 is 5.97 Å². The van der Waals surface area contributed by atoms with E-state index >= 15 is 0 Å². The van der Waals surface area contributed by atoms with Crippen LogP contribution in [0.3, 0.4) is 0 Å². The molecule has 1 aliphatic heterocycles. The number of hydrogen-bond donors (Lipinski definition) is 2. The van der Waals surface area contributed by atoms with E-state index < -0.39 is 16.3 Å². The van der Waals surface area contributed by atoms with Gasteiger partial charge in [-0.2, -0.15) is 5.10 Å². The fourth-order valence-corrected chi connectivity index (χ4v) is 6.25. The second kappa shape index (κ2) is 9.26. The molecule has 36 heavy (non-hydrogen) atoms. The quantitative estimate of drug-likeness (QED) is 0.328. The summed E-state index contributed by atoms with van der Waals surface area (Å²) >= 11 is 0. The summed E-state index contributed by atoms with van der Waals surface area (Å²) < 4.78 is 1.77. The molecule has 2 aromatic carbocycles. The first kappa shape index (κ1) is 23.8. The minimum atomic E-state index is -1.25. The van der Waals surface area contributed by atoms with Gasteiger partial charge in [-0.3, -0.25) is 14.8 Å². The fourth-order valence-electron chi connectivity index (χ4n) is 6.25. The Labute approximate surface area is 209 Å². The van der Waals surface area contributed by atoms with Gasteiger partial charge in [0, 0.05) is 35.9 Å². The van der Waals surface area contributed by atoms with Crippen LogP contribution in [0, 0.1) is 10.1 Å². The molecule has 8 heteroatoms. The van der Waals surface area contributed by atoms with Gasteiger partial charge in [0.1, 0.15) is 5.82 Å². The molecule has 0 radical (unpaired) electrons. The van der Waals surface area contributed by atoms with Crippen LogP contribution < -0.4 is 5.32 Å². The lowest BCUT2D eigenvalue weighted by Crippen LogP contribution is -2.41. The van der Waals surface area contributed by atoms with Crippen LogP contribution in [0.2, 0.25) is 0 Å². The van der Waals surface area contributed by atoms with Crippen LogP contribution in [-0.4, -0.2) is 25.8 Å². The van der Waals surface area contributed by atoms with E-state index in [1.807, 2.05) is 37.4 Å². The zero-order chi connectivity index (χ0) is 25.4. The third-order valence-corrected chi connectivity index (χ3v) is 7.76. The number of carbonyl (C=O) groups is 1. The Balaban J connectivity index is 1.86. The Hall–Kier alpha value is -3.94. The number of fused-ring (bicyclic) bond motifs is 1. The highest BCUT2D eigenvalue weighted by Gasteiger charge is 2.53. The molecule has 0 amide bonds. The molecule has 1 aliphatic carbocycles. The van der Waals surface area contributed by atoms with Gasteiger partial charge < -0.3 is 10.4 Å². The van der Waals surface area contributed by atoms with E-state index in [4.69, 9.17) is 5.10 Å². The fraction of sp³-hybridized carbons (Fsp3) is 0.357. The highest BCUT2D eigenvalue weighted by molar-refractivity contribution is 5.95. The predicted octanol–water partition coefficient (Wildman–Crippen LogP) is 5.69. The Morgan fingerprint density at radius 1 is 1.17 bits per heavy atom. The lowest BCUT2D eigenvalue weighted by Gasteiger charge is -2.40. The lowest BCUT2D eigenvalue weighted by atomic mass is 9.62. The molecule has 2 N–H and O–H groups in total. The molecule has 2 heterocycles. The topological polar surface area (TPSA) is 110 Å². The number of nitrogens with zero attached hydrogens (tertiary/aromatic N) is 3. The van der Waals surface area contributed by atoms with Crippen LogP contribution in [0.4, 0.5) is 11.5 Å². The van der Waals surface area contributed by atoms with E-state index in [1.54, 1.807) is 29.8 Å². The number of nitrogens with one attached hydrogen (secondary N) is 1. The van der Waals surface area contributed by atoms with Crippen molar-refractivity contribution in [3.8, 4) is 0 Å². The Kier molecular flexibility index (Phi) is 6.12. The van der Waals surface area contributed by atoms with Crippen LogP contribution in [0.1, 0.15) is 67.3 Å². The van der Waals surface area contributed by atoms with Crippen molar-refractivity contribution in [3.05, 3.63) is 98.4 Å². The molecule has 2 aliphatic rings. The molecule has 0 bridgehead atoms. The summed E-state index contributed by atoms with van der Waals surface area (Å²) in [4.78, 5) is 24.9. The largest absolute Gasteiger partial charge is 0.478 e. The molecule has 5 rings (SSSR count). The van der Waals surface area contributed by atoms with Crippen molar-refractivity contribution < 1.29 is 14.8 Å². The molecule has 1 aromatic heterocycles. The Morgan fingerprint density at radius 3 is 2.50 bits per heavy atom. The number of aromatic nitrogens is 2. The summed E-state index contributed by atoms with van der Waals surface area (Å²) in [6, 6.07) is 16.4.